The second-order valence-electron chi connectivity index (χ2n) is 4.57. The van der Waals surface area contributed by atoms with Crippen molar-refractivity contribution in [3.63, 3.8) is 0 Å². The lowest BCUT2D eigenvalue weighted by Gasteiger charge is -2.26. The third-order valence-electron chi connectivity index (χ3n) is 3.91. The second-order valence-corrected chi connectivity index (χ2v) is 4.57. The van der Waals surface area contributed by atoms with Crippen LogP contribution in [0.3, 0.4) is 0 Å². The molecule has 2 aliphatic carbocycles. The van der Waals surface area contributed by atoms with Crippen LogP contribution in [0.1, 0.15) is 38.5 Å². The van der Waals surface area contributed by atoms with E-state index in [-0.39, 0.29) is 12.0 Å². The van der Waals surface area contributed by atoms with Crippen molar-refractivity contribution in [2.45, 2.75) is 38.5 Å². The van der Waals surface area contributed by atoms with Crippen molar-refractivity contribution in [3.8, 4) is 6.07 Å². The smallest absolute Gasteiger partial charge is 0.0696 e. The van der Waals surface area contributed by atoms with E-state index in [1.165, 1.54) is 32.1 Å². The molecule has 2 rings (SSSR count). The van der Waals surface area contributed by atoms with Crippen LogP contribution in [0, 0.1) is 28.6 Å². The number of nitriles is 1. The normalized spacial score (nSPS) is 39.8. The minimum Gasteiger partial charge on any atom is -0.396 e. The van der Waals surface area contributed by atoms with Crippen molar-refractivity contribution >= 4 is 0 Å². The summed E-state index contributed by atoms with van der Waals surface area (Å²) in [6.45, 7) is 0.212. The minimum atomic E-state index is -0.116. The van der Waals surface area contributed by atoms with E-state index in [1.54, 1.807) is 0 Å². The third kappa shape index (κ3) is 1.36. The number of hydrogen-bond donors (Lipinski definition) is 1. The van der Waals surface area contributed by atoms with Gasteiger partial charge in [-0.2, -0.15) is 5.26 Å². The highest BCUT2D eigenvalue weighted by Crippen LogP contribution is 2.60. The molecule has 13 heavy (non-hydrogen) atoms. The topological polar surface area (TPSA) is 44.0 Å². The van der Waals surface area contributed by atoms with Crippen LogP contribution in [-0.2, 0) is 0 Å². The molecule has 1 N–H and O–H groups in total. The summed E-state index contributed by atoms with van der Waals surface area (Å²) >= 11 is 0. The maximum absolute atomic E-state index is 9.15. The summed E-state index contributed by atoms with van der Waals surface area (Å²) in [4.78, 5) is 0. The number of hydrogen-bond acceptors (Lipinski definition) is 2. The van der Waals surface area contributed by atoms with Gasteiger partial charge in [-0.15, -0.1) is 0 Å². The molecule has 0 aromatic heterocycles. The molecule has 0 aliphatic heterocycles. The molecular formula is C11H17NO. The Morgan fingerprint density at radius 3 is 2.46 bits per heavy atom. The Hall–Kier alpha value is -0.550. The van der Waals surface area contributed by atoms with Gasteiger partial charge in [0.15, 0.2) is 0 Å². The highest BCUT2D eigenvalue weighted by Gasteiger charge is 2.58. The molecule has 0 amide bonds. The van der Waals surface area contributed by atoms with Gasteiger partial charge in [-0.1, -0.05) is 19.3 Å². The second kappa shape index (κ2) is 3.31. The van der Waals surface area contributed by atoms with Crippen LogP contribution < -0.4 is 0 Å². The first-order valence-corrected chi connectivity index (χ1v) is 5.35. The lowest BCUT2D eigenvalue weighted by molar-refractivity contribution is 0.211. The number of rotatable bonds is 2. The minimum absolute atomic E-state index is 0.116. The van der Waals surface area contributed by atoms with Crippen molar-refractivity contribution in [1.82, 2.24) is 0 Å². The maximum atomic E-state index is 9.15. The summed E-state index contributed by atoms with van der Waals surface area (Å²) in [5.74, 6) is 0.879. The van der Waals surface area contributed by atoms with Crippen molar-refractivity contribution < 1.29 is 5.11 Å². The van der Waals surface area contributed by atoms with Crippen molar-refractivity contribution in [2.24, 2.45) is 17.3 Å². The first-order chi connectivity index (χ1) is 6.33. The number of aliphatic hydroxyl groups is 1. The molecule has 0 aromatic carbocycles. The van der Waals surface area contributed by atoms with Crippen molar-refractivity contribution in [2.75, 3.05) is 6.61 Å². The largest absolute Gasteiger partial charge is 0.396 e. The van der Waals surface area contributed by atoms with Crippen LogP contribution in [0.5, 0.6) is 0 Å². The van der Waals surface area contributed by atoms with Gasteiger partial charge in [0.25, 0.3) is 0 Å². The number of nitrogens with zero attached hydrogens (tertiary/aromatic N) is 1. The van der Waals surface area contributed by atoms with Gasteiger partial charge in [0.1, 0.15) is 0 Å². The summed E-state index contributed by atoms with van der Waals surface area (Å²) in [5.41, 5.74) is -0.116. The summed E-state index contributed by atoms with van der Waals surface area (Å²) in [6.07, 6.45) is 7.28. The fourth-order valence-corrected chi connectivity index (χ4v) is 2.92. The fourth-order valence-electron chi connectivity index (χ4n) is 2.92. The molecule has 0 bridgehead atoms. The molecule has 0 unspecified atom stereocenters. The molecule has 0 saturated heterocycles. The zero-order chi connectivity index (χ0) is 9.31. The first kappa shape index (κ1) is 9.02. The predicted molar refractivity (Wildman–Crippen MR) is 49.8 cm³/mol. The van der Waals surface area contributed by atoms with E-state index >= 15 is 0 Å². The maximum Gasteiger partial charge on any atom is 0.0696 e. The molecule has 2 atom stereocenters. The Morgan fingerprint density at radius 1 is 1.31 bits per heavy atom. The van der Waals surface area contributed by atoms with Crippen LogP contribution in [0.2, 0.25) is 0 Å². The van der Waals surface area contributed by atoms with Crippen LogP contribution in [0.15, 0.2) is 0 Å². The van der Waals surface area contributed by atoms with Gasteiger partial charge in [0.2, 0.25) is 0 Å². The van der Waals surface area contributed by atoms with Gasteiger partial charge >= 0.3 is 0 Å². The van der Waals surface area contributed by atoms with E-state index in [1.807, 2.05) is 0 Å². The predicted octanol–water partition coefficient (Wildman–Crippen LogP) is 2.09. The number of aliphatic hydroxyl groups excluding tert-OH is 1. The van der Waals surface area contributed by atoms with Crippen LogP contribution in [0.4, 0.5) is 0 Å². The van der Waals surface area contributed by atoms with E-state index in [9.17, 15) is 0 Å². The quantitative estimate of drug-likeness (QED) is 0.705. The van der Waals surface area contributed by atoms with E-state index in [0.717, 1.165) is 6.42 Å². The van der Waals surface area contributed by atoms with Gasteiger partial charge < -0.3 is 5.11 Å². The molecule has 2 heteroatoms. The highest BCUT2D eigenvalue weighted by atomic mass is 16.3. The Labute approximate surface area is 79.6 Å². The zero-order valence-corrected chi connectivity index (χ0v) is 8.00. The Balaban J connectivity index is 2.02. The molecule has 0 spiro atoms. The SMILES string of the molecule is N#C[C@@]1(C2CCCCC2)C[C@@H]1CO. The molecule has 0 radical (unpaired) electrons. The van der Waals surface area contributed by atoms with E-state index in [2.05, 4.69) is 6.07 Å². The van der Waals surface area contributed by atoms with Gasteiger partial charge in [-0.25, -0.2) is 0 Å². The van der Waals surface area contributed by atoms with Crippen LogP contribution in [-0.4, -0.2) is 11.7 Å². The standard InChI is InChI=1S/C11H17NO/c12-8-11(6-10(11)7-13)9-4-2-1-3-5-9/h9-10,13H,1-7H2/t10-,11-/m1/s1. The Kier molecular flexibility index (Phi) is 2.29. The van der Waals surface area contributed by atoms with E-state index in [0.29, 0.717) is 11.8 Å². The van der Waals surface area contributed by atoms with Gasteiger partial charge in [-0.05, 0) is 25.2 Å². The fraction of sp³-hybridized carbons (Fsp3) is 0.909. The van der Waals surface area contributed by atoms with Gasteiger partial charge in [-0.3, -0.25) is 0 Å². The van der Waals surface area contributed by atoms with Crippen molar-refractivity contribution in [3.05, 3.63) is 0 Å². The Morgan fingerprint density at radius 2 is 2.00 bits per heavy atom. The summed E-state index contributed by atoms with van der Waals surface area (Å²) in [5, 5.41) is 18.2. The molecule has 2 aliphatic rings. The zero-order valence-electron chi connectivity index (χ0n) is 8.00. The molecule has 2 nitrogen and oxygen atoms in total. The van der Waals surface area contributed by atoms with Gasteiger partial charge in [0, 0.05) is 12.5 Å². The first-order valence-electron chi connectivity index (χ1n) is 5.35. The lowest BCUT2D eigenvalue weighted by Crippen LogP contribution is -2.20. The third-order valence-corrected chi connectivity index (χ3v) is 3.91. The molecule has 0 aromatic rings. The average molecular weight is 179 g/mol. The monoisotopic (exact) mass is 179 g/mol. The van der Waals surface area contributed by atoms with Crippen molar-refractivity contribution in [1.29, 1.82) is 5.26 Å². The molecule has 0 heterocycles. The molecular weight excluding hydrogens is 162 g/mol. The summed E-state index contributed by atoms with van der Waals surface area (Å²) in [6, 6.07) is 2.46. The average Bonchev–Trinajstić information content (AvgIpc) is 2.94. The summed E-state index contributed by atoms with van der Waals surface area (Å²) < 4.78 is 0. The Bertz CT molecular complexity index is 227. The van der Waals surface area contributed by atoms with E-state index in [4.69, 9.17) is 10.4 Å². The molecule has 2 fully saturated rings. The van der Waals surface area contributed by atoms with Crippen LogP contribution in [0.25, 0.3) is 0 Å². The lowest BCUT2D eigenvalue weighted by atomic mass is 9.77. The summed E-state index contributed by atoms with van der Waals surface area (Å²) in [7, 11) is 0. The van der Waals surface area contributed by atoms with Crippen LogP contribution >= 0.6 is 0 Å². The van der Waals surface area contributed by atoms with E-state index < -0.39 is 0 Å². The van der Waals surface area contributed by atoms with Gasteiger partial charge in [0.05, 0.1) is 11.5 Å². The highest BCUT2D eigenvalue weighted by molar-refractivity contribution is 5.18. The molecule has 2 saturated carbocycles. The molecule has 72 valence electrons.